The van der Waals surface area contributed by atoms with Crippen molar-refractivity contribution in [1.29, 1.82) is 0 Å². The predicted molar refractivity (Wildman–Crippen MR) is 76.1 cm³/mol. The molecule has 92 valence electrons. The van der Waals surface area contributed by atoms with E-state index in [1.807, 2.05) is 13.0 Å². The zero-order valence-electron chi connectivity index (χ0n) is 9.58. The summed E-state index contributed by atoms with van der Waals surface area (Å²) < 4.78 is 0.906. The molecule has 0 spiro atoms. The number of hydrogen-bond donors (Lipinski definition) is 1. The van der Waals surface area contributed by atoms with Crippen LogP contribution >= 0.6 is 27.5 Å². The lowest BCUT2D eigenvalue weighted by Gasteiger charge is -2.06. The van der Waals surface area contributed by atoms with Gasteiger partial charge in [0, 0.05) is 15.1 Å². The molecule has 5 heteroatoms. The molecule has 2 rings (SSSR count). The maximum Gasteiger partial charge on any atom is 0.256 e. The second-order valence-electron chi connectivity index (χ2n) is 3.73. The highest BCUT2D eigenvalue weighted by Crippen LogP contribution is 2.17. The number of nitrogens with one attached hydrogen (secondary N) is 1. The molecule has 0 unspecified atom stereocenters. The van der Waals surface area contributed by atoms with Gasteiger partial charge < -0.3 is 5.32 Å². The number of aryl methyl sites for hydroxylation is 1. The predicted octanol–water partition coefficient (Wildman–Crippen LogP) is 4.06. The zero-order valence-corrected chi connectivity index (χ0v) is 11.9. The Kier molecular flexibility index (Phi) is 3.99. The first-order valence-corrected chi connectivity index (χ1v) is 6.43. The van der Waals surface area contributed by atoms with E-state index in [2.05, 4.69) is 26.2 Å². The van der Waals surface area contributed by atoms with Crippen molar-refractivity contribution in [3.8, 4) is 0 Å². The van der Waals surface area contributed by atoms with E-state index in [0.717, 1.165) is 10.2 Å². The van der Waals surface area contributed by atoms with Gasteiger partial charge in [0.2, 0.25) is 0 Å². The normalized spacial score (nSPS) is 10.2. The highest BCUT2D eigenvalue weighted by Gasteiger charge is 2.07. The molecule has 0 aliphatic heterocycles. The highest BCUT2D eigenvalue weighted by atomic mass is 79.9. The fraction of sp³-hybridized carbons (Fsp3) is 0.0769. The number of carbonyl (C=O) groups excluding carboxylic acids is 1. The molecule has 2 aromatic rings. The topological polar surface area (TPSA) is 42.0 Å². The third-order valence-corrected chi connectivity index (χ3v) is 3.42. The fourth-order valence-electron chi connectivity index (χ4n) is 1.43. The van der Waals surface area contributed by atoms with Crippen LogP contribution in [-0.4, -0.2) is 10.9 Å². The summed E-state index contributed by atoms with van der Waals surface area (Å²) in [7, 11) is 0. The number of nitrogens with zero attached hydrogens (tertiary/aromatic N) is 1. The van der Waals surface area contributed by atoms with Crippen LogP contribution in [0.3, 0.4) is 0 Å². The quantitative estimate of drug-likeness (QED) is 0.905. The first-order chi connectivity index (χ1) is 8.56. The minimum absolute atomic E-state index is 0.230. The molecule has 1 aromatic carbocycles. The van der Waals surface area contributed by atoms with E-state index < -0.39 is 0 Å². The molecular weight excluding hydrogens is 316 g/mol. The lowest BCUT2D eigenvalue weighted by atomic mass is 10.2. The van der Waals surface area contributed by atoms with Crippen LogP contribution in [0.4, 0.5) is 5.82 Å². The van der Waals surface area contributed by atoms with Crippen LogP contribution in [0.5, 0.6) is 0 Å². The molecule has 1 aromatic heterocycles. The van der Waals surface area contributed by atoms with Gasteiger partial charge >= 0.3 is 0 Å². The Morgan fingerprint density at radius 3 is 2.78 bits per heavy atom. The molecule has 0 aliphatic carbocycles. The molecule has 0 saturated carbocycles. The summed E-state index contributed by atoms with van der Waals surface area (Å²) >= 11 is 9.19. The number of pyridine rings is 1. The molecule has 0 radical (unpaired) electrons. The molecule has 1 heterocycles. The number of halogens is 2. The van der Waals surface area contributed by atoms with Crippen molar-refractivity contribution in [3.63, 3.8) is 0 Å². The van der Waals surface area contributed by atoms with Gasteiger partial charge in [-0.1, -0.05) is 17.7 Å². The van der Waals surface area contributed by atoms with Crippen molar-refractivity contribution in [2.75, 3.05) is 5.32 Å². The average Bonchev–Trinajstić information content (AvgIpc) is 2.34. The molecule has 1 amide bonds. The average molecular weight is 326 g/mol. The van der Waals surface area contributed by atoms with Gasteiger partial charge in [-0.3, -0.25) is 4.79 Å². The summed E-state index contributed by atoms with van der Waals surface area (Å²) in [5.74, 6) is 0.285. The first kappa shape index (κ1) is 13.1. The number of benzene rings is 1. The van der Waals surface area contributed by atoms with Gasteiger partial charge in [0.05, 0.1) is 5.69 Å². The number of anilines is 1. The minimum Gasteiger partial charge on any atom is -0.307 e. The van der Waals surface area contributed by atoms with Gasteiger partial charge in [-0.2, -0.15) is 0 Å². The smallest absolute Gasteiger partial charge is 0.256 e. The Morgan fingerprint density at radius 2 is 2.11 bits per heavy atom. The Hall–Kier alpha value is -1.39. The Morgan fingerprint density at radius 1 is 1.33 bits per heavy atom. The van der Waals surface area contributed by atoms with E-state index in [-0.39, 0.29) is 5.91 Å². The van der Waals surface area contributed by atoms with Crippen molar-refractivity contribution in [3.05, 3.63) is 57.2 Å². The van der Waals surface area contributed by atoms with E-state index in [4.69, 9.17) is 11.6 Å². The van der Waals surface area contributed by atoms with Gasteiger partial charge in [0.1, 0.15) is 5.82 Å². The molecule has 0 atom stereocenters. The van der Waals surface area contributed by atoms with Crippen molar-refractivity contribution >= 4 is 39.3 Å². The van der Waals surface area contributed by atoms with Crippen LogP contribution in [-0.2, 0) is 0 Å². The monoisotopic (exact) mass is 324 g/mol. The third kappa shape index (κ3) is 3.09. The maximum absolute atomic E-state index is 11.9. The molecule has 0 aliphatic rings. The number of rotatable bonds is 2. The molecular formula is C13H10BrClN2O. The van der Waals surface area contributed by atoms with Crippen LogP contribution in [0.25, 0.3) is 0 Å². The second kappa shape index (κ2) is 5.50. The summed E-state index contributed by atoms with van der Waals surface area (Å²) in [6.45, 7) is 1.86. The van der Waals surface area contributed by atoms with E-state index in [1.54, 1.807) is 30.3 Å². The third-order valence-electron chi connectivity index (χ3n) is 2.35. The molecule has 3 nitrogen and oxygen atoms in total. The molecule has 0 bridgehead atoms. The Balaban J connectivity index is 2.18. The lowest BCUT2D eigenvalue weighted by molar-refractivity contribution is 0.102. The molecule has 18 heavy (non-hydrogen) atoms. The Labute approximate surface area is 118 Å². The van der Waals surface area contributed by atoms with Gasteiger partial charge in [0.15, 0.2) is 0 Å². The van der Waals surface area contributed by atoms with Crippen molar-refractivity contribution in [2.45, 2.75) is 6.92 Å². The first-order valence-electron chi connectivity index (χ1n) is 5.26. The van der Waals surface area contributed by atoms with Gasteiger partial charge in [-0.25, -0.2) is 4.98 Å². The van der Waals surface area contributed by atoms with Crippen molar-refractivity contribution in [2.24, 2.45) is 0 Å². The number of hydrogen-bond acceptors (Lipinski definition) is 2. The molecule has 1 N–H and O–H groups in total. The summed E-state index contributed by atoms with van der Waals surface area (Å²) in [6.07, 6.45) is 0. The van der Waals surface area contributed by atoms with Crippen molar-refractivity contribution in [1.82, 2.24) is 4.98 Å². The van der Waals surface area contributed by atoms with Gasteiger partial charge in [-0.05, 0) is 53.2 Å². The minimum atomic E-state index is -0.230. The van der Waals surface area contributed by atoms with Crippen LogP contribution < -0.4 is 5.32 Å². The van der Waals surface area contributed by atoms with Crippen LogP contribution in [0.15, 0.2) is 40.9 Å². The number of amides is 1. The summed E-state index contributed by atoms with van der Waals surface area (Å²) in [4.78, 5) is 16.2. The summed E-state index contributed by atoms with van der Waals surface area (Å²) in [5.41, 5.74) is 1.32. The van der Waals surface area contributed by atoms with Crippen LogP contribution in [0.2, 0.25) is 5.02 Å². The molecule has 0 fully saturated rings. The summed E-state index contributed by atoms with van der Waals surface area (Å²) in [6, 6.07) is 10.4. The summed E-state index contributed by atoms with van der Waals surface area (Å²) in [5, 5.41) is 3.25. The lowest BCUT2D eigenvalue weighted by Crippen LogP contribution is -2.13. The van der Waals surface area contributed by atoms with Crippen molar-refractivity contribution < 1.29 is 4.79 Å². The van der Waals surface area contributed by atoms with E-state index in [0.29, 0.717) is 16.4 Å². The SMILES string of the molecule is Cc1nc(NC(=O)c2cccc(Cl)c2)ccc1Br. The maximum atomic E-state index is 11.9. The largest absolute Gasteiger partial charge is 0.307 e. The second-order valence-corrected chi connectivity index (χ2v) is 5.02. The van der Waals surface area contributed by atoms with E-state index >= 15 is 0 Å². The van der Waals surface area contributed by atoms with Crippen LogP contribution in [0.1, 0.15) is 16.1 Å². The van der Waals surface area contributed by atoms with Gasteiger partial charge in [-0.15, -0.1) is 0 Å². The van der Waals surface area contributed by atoms with E-state index in [1.165, 1.54) is 0 Å². The Bertz CT molecular complexity index is 601. The van der Waals surface area contributed by atoms with Crippen LogP contribution in [0, 0.1) is 6.92 Å². The fourth-order valence-corrected chi connectivity index (χ4v) is 1.84. The van der Waals surface area contributed by atoms with Gasteiger partial charge in [0.25, 0.3) is 5.91 Å². The zero-order chi connectivity index (χ0) is 13.1. The standard InChI is InChI=1S/C13H10BrClN2O/c1-8-11(14)5-6-12(16-8)17-13(18)9-3-2-4-10(15)7-9/h2-7H,1H3,(H,16,17,18). The number of carbonyl (C=O) groups is 1. The number of aromatic nitrogens is 1. The molecule has 0 saturated heterocycles. The van der Waals surface area contributed by atoms with E-state index in [9.17, 15) is 4.79 Å². The highest BCUT2D eigenvalue weighted by molar-refractivity contribution is 9.10.